The van der Waals surface area contributed by atoms with Gasteiger partial charge in [0.05, 0.1) is 68.3 Å². The van der Waals surface area contributed by atoms with Crippen LogP contribution in [-0.4, -0.2) is 250 Å². The van der Waals surface area contributed by atoms with Gasteiger partial charge >= 0.3 is 0 Å². The zero-order valence-electron chi connectivity index (χ0n) is 58.7. The molecule has 0 spiro atoms. The van der Waals surface area contributed by atoms with E-state index in [9.17, 15) is 68.8 Å². The third-order valence-corrected chi connectivity index (χ3v) is 21.9. The number of carbonyl (C=O) groups is 4. The van der Waals surface area contributed by atoms with Crippen molar-refractivity contribution in [3.63, 3.8) is 0 Å². The van der Waals surface area contributed by atoms with Crippen molar-refractivity contribution in [3.05, 3.63) is 84.4 Å². The van der Waals surface area contributed by atoms with Crippen molar-refractivity contribution in [2.24, 2.45) is 23.7 Å². The van der Waals surface area contributed by atoms with Gasteiger partial charge in [-0.2, -0.15) is 0 Å². The summed E-state index contributed by atoms with van der Waals surface area (Å²) < 4.78 is 78.0. The van der Waals surface area contributed by atoms with E-state index in [0.29, 0.717) is 49.2 Å². The maximum absolute atomic E-state index is 14.6. The average molecular weight is 1460 g/mol. The summed E-state index contributed by atoms with van der Waals surface area (Å²) in [6.45, 7) is 6.96. The van der Waals surface area contributed by atoms with Gasteiger partial charge in [-0.25, -0.2) is 18.1 Å². The summed E-state index contributed by atoms with van der Waals surface area (Å²) in [5.41, 5.74) is 1.74. The first-order chi connectivity index (χ1) is 50.1. The molecule has 3 amide bonds. The van der Waals surface area contributed by atoms with Crippen molar-refractivity contribution in [1.29, 1.82) is 0 Å². The van der Waals surface area contributed by atoms with Gasteiger partial charge in [0, 0.05) is 55.9 Å². The number of aliphatic hydroxyl groups is 8. The number of aliphatic hydroxyl groups excluding tert-OH is 8. The van der Waals surface area contributed by atoms with Crippen molar-refractivity contribution >= 4 is 23.5 Å². The van der Waals surface area contributed by atoms with Gasteiger partial charge in [-0.3, -0.25) is 23.9 Å². The lowest BCUT2D eigenvalue weighted by molar-refractivity contribution is -0.338. The number of nitrogens with zero attached hydrogens (tertiary/aromatic N) is 10. The Morgan fingerprint density at radius 3 is 1.98 bits per heavy atom. The first-order valence-corrected chi connectivity index (χ1v) is 36.6. The van der Waals surface area contributed by atoms with Gasteiger partial charge in [-0.15, -0.1) is 15.3 Å². The molecule has 7 fully saturated rings. The van der Waals surface area contributed by atoms with Crippen LogP contribution in [-0.2, 0) is 65.4 Å². The lowest BCUT2D eigenvalue weighted by Crippen LogP contribution is -2.67. The Kier molecular flexibility index (Phi) is 25.4. The summed E-state index contributed by atoms with van der Waals surface area (Å²) in [6.07, 6.45) is -12.0. The van der Waals surface area contributed by atoms with Crippen LogP contribution in [0.25, 0.3) is 22.5 Å². The molecule has 10 unspecified atom stereocenters. The van der Waals surface area contributed by atoms with Gasteiger partial charge in [0.15, 0.2) is 18.9 Å². The quantitative estimate of drug-likeness (QED) is 0.0360. The number of aryl methyl sites for hydroxylation is 1. The van der Waals surface area contributed by atoms with E-state index in [4.69, 9.17) is 33.2 Å². The van der Waals surface area contributed by atoms with Gasteiger partial charge < -0.3 is 89.5 Å². The number of ketones is 1. The molecule has 31 nitrogen and oxygen atoms in total. The fourth-order valence-corrected chi connectivity index (χ4v) is 15.9. The SMILES string of the molecule is CCC1O[C@@H](O[C@@H]2C[C@@H](C(=O)NCc3cn(CCCC(=O)C4CC(CC)[C@@H](O[C@@H]5OC(C)[C@@H](O)[C@H](O)C5O)[C@H](O[C@@H]5O[C@@H](CO)[C@H](O)C(O[C@@H](CC6CCCCC6)C(=O)N6CCC6)C5NC(C)=O)C4)nn3)CC(n3cc(-c4cccc(F)c4)nn3)C2O)[C@H](O)C(n2cc(-c3cccc(F)c3)nn2)[C@H]1O. The molecule has 570 valence electrons. The predicted molar refractivity (Wildman–Crippen MR) is 359 cm³/mol. The van der Waals surface area contributed by atoms with E-state index in [0.717, 1.165) is 38.5 Å². The fraction of sp³-hybridized carbons (Fsp3) is 0.690. The standard InChI is InChI=1S/C71H98F2N12O19/c1-5-39-25-42(29-53(65(39)104-71-64(95)63(94)58(89)36(3)98-71)102-69-56(75-37(4)87)66(61(92)55(35-86)103-69)99-54(68(97)82-21-13-22-82)24-38-14-8-7-9-15-38)50(88)20-12-23-83-32-46(76-79-83)31-74-67(96)43-28-49(84-33-47(77-80-84)40-16-10-18-44(72)26-40)59(90)52(30-43)101-70-62(93)57(60(91)51(6-2)100-70)85-34-48(78-81-85)41-17-11-19-45(73)27-41/h10-11,16-19,26-27,32-34,36,38-39,42-43,49,51-66,69-71,86,89-95H,5-9,12-15,20-25,28-31,35H2,1-4H3,(H,74,96)(H,75,87)/t36?,39?,42?,43-,49?,51?,52+,53+,54-,55-,56?,57?,58+,59?,60-,61-,62+,63-,64?,65+,66?,69+,70-,71-/m0/s1. The molecule has 104 heavy (non-hydrogen) atoms. The van der Waals surface area contributed by atoms with Crippen LogP contribution in [0.15, 0.2) is 67.1 Å². The molecule has 33 heteroatoms. The van der Waals surface area contributed by atoms with Gasteiger partial charge in [0.25, 0.3) is 5.91 Å². The highest BCUT2D eigenvalue weighted by Crippen LogP contribution is 2.43. The number of hydrogen-bond acceptors (Lipinski definition) is 25. The third-order valence-electron chi connectivity index (χ3n) is 21.9. The van der Waals surface area contributed by atoms with Crippen LogP contribution in [0.3, 0.4) is 0 Å². The van der Waals surface area contributed by atoms with Crippen molar-refractivity contribution in [3.8, 4) is 22.5 Å². The molecule has 0 radical (unpaired) electrons. The average Bonchev–Trinajstić information content (AvgIpc) is 0.910. The maximum atomic E-state index is 14.6. The number of likely N-dealkylation sites (tertiary alicyclic amines) is 1. The van der Waals surface area contributed by atoms with Crippen LogP contribution < -0.4 is 10.6 Å². The number of halogens is 2. The summed E-state index contributed by atoms with van der Waals surface area (Å²) in [5, 5.41) is 123. The minimum atomic E-state index is -1.70. The number of ether oxygens (including phenoxy) is 7. The van der Waals surface area contributed by atoms with Gasteiger partial charge in [-0.05, 0) is 94.4 Å². The van der Waals surface area contributed by atoms with Crippen molar-refractivity contribution in [1.82, 2.24) is 60.5 Å². The molecule has 7 heterocycles. The molecule has 7 aliphatic rings. The van der Waals surface area contributed by atoms with E-state index in [1.54, 1.807) is 30.2 Å². The predicted octanol–water partition coefficient (Wildman–Crippen LogP) is 2.11. The maximum Gasteiger partial charge on any atom is 0.251 e. The fourth-order valence-electron chi connectivity index (χ4n) is 15.9. The molecule has 10 N–H and O–H groups in total. The molecular weight excluding hydrogens is 1360 g/mol. The van der Waals surface area contributed by atoms with E-state index in [-0.39, 0.29) is 80.6 Å². The van der Waals surface area contributed by atoms with Crippen LogP contribution in [0.4, 0.5) is 8.78 Å². The second-order valence-corrected chi connectivity index (χ2v) is 29.0. The number of carbonyl (C=O) groups excluding carboxylic acids is 4. The van der Waals surface area contributed by atoms with E-state index >= 15 is 0 Å². The highest BCUT2D eigenvalue weighted by Gasteiger charge is 2.55. The minimum Gasteiger partial charge on any atom is -0.394 e. The summed E-state index contributed by atoms with van der Waals surface area (Å²) >= 11 is 0. The van der Waals surface area contributed by atoms with E-state index in [1.165, 1.54) is 76.7 Å². The van der Waals surface area contributed by atoms with Crippen molar-refractivity contribution in [2.75, 3.05) is 19.7 Å². The van der Waals surface area contributed by atoms with Crippen LogP contribution >= 0.6 is 0 Å². The first-order valence-electron chi connectivity index (χ1n) is 36.6. The molecular formula is C71H98F2N12O19. The summed E-state index contributed by atoms with van der Waals surface area (Å²) in [4.78, 5) is 58.2. The third kappa shape index (κ3) is 17.6. The first kappa shape index (κ1) is 76.8. The van der Waals surface area contributed by atoms with E-state index in [2.05, 4.69) is 41.6 Å². The smallest absolute Gasteiger partial charge is 0.251 e. The van der Waals surface area contributed by atoms with E-state index < -0.39 is 176 Å². The summed E-state index contributed by atoms with van der Waals surface area (Å²) in [7, 11) is 0. The molecule has 4 aliphatic heterocycles. The molecule has 3 saturated carbocycles. The number of rotatable bonds is 27. The molecule has 3 aliphatic carbocycles. The zero-order chi connectivity index (χ0) is 73.6. The molecule has 24 atom stereocenters. The number of aromatic nitrogens is 9. The Morgan fingerprint density at radius 2 is 1.33 bits per heavy atom. The van der Waals surface area contributed by atoms with Crippen molar-refractivity contribution < 1.29 is 102 Å². The van der Waals surface area contributed by atoms with Crippen LogP contribution in [0.2, 0.25) is 0 Å². The Morgan fingerprint density at radius 1 is 0.663 bits per heavy atom. The van der Waals surface area contributed by atoms with Gasteiger partial charge in [0.1, 0.15) is 108 Å². The molecule has 12 rings (SSSR count). The molecule has 0 bridgehead atoms. The second kappa shape index (κ2) is 34.4. The van der Waals surface area contributed by atoms with Gasteiger partial charge in [0.2, 0.25) is 11.8 Å². The minimum absolute atomic E-state index is 0.00664. The monoisotopic (exact) mass is 1460 g/mol. The normalized spacial score (nSPS) is 34.5. The second-order valence-electron chi connectivity index (χ2n) is 29.0. The molecule has 4 saturated heterocycles. The number of nitrogens with one attached hydrogen (secondary N) is 2. The Bertz CT molecular complexity index is 3680. The summed E-state index contributed by atoms with van der Waals surface area (Å²) in [5.74, 6) is -4.23. The summed E-state index contributed by atoms with van der Waals surface area (Å²) in [6, 6.07) is 7.98. The lowest BCUT2D eigenvalue weighted by atomic mass is 9.74. The Labute approximate surface area is 599 Å². The number of amides is 3. The Balaban J connectivity index is 0.720. The highest BCUT2D eigenvalue weighted by molar-refractivity contribution is 5.82. The zero-order valence-corrected chi connectivity index (χ0v) is 58.7. The topological polar surface area (TPSA) is 414 Å². The number of benzene rings is 2. The van der Waals surface area contributed by atoms with Gasteiger partial charge in [-0.1, -0.05) is 92.3 Å². The Hall–Kier alpha value is -6.80. The molecule has 5 aromatic rings. The largest absolute Gasteiger partial charge is 0.394 e. The number of Topliss-reactive ketones (excluding diaryl/α,β-unsaturated/α-hetero) is 1. The van der Waals surface area contributed by atoms with E-state index in [1.807, 2.05) is 6.92 Å². The van der Waals surface area contributed by atoms with Crippen LogP contribution in [0, 0.1) is 35.3 Å². The van der Waals surface area contributed by atoms with Crippen LogP contribution in [0.5, 0.6) is 0 Å². The number of hydrogen-bond donors (Lipinski definition) is 10. The van der Waals surface area contributed by atoms with Crippen molar-refractivity contribution in [2.45, 2.75) is 266 Å². The molecule has 3 aromatic heterocycles. The molecule has 2 aromatic carbocycles. The highest BCUT2D eigenvalue weighted by atomic mass is 19.1. The lowest BCUT2D eigenvalue weighted by Gasteiger charge is -2.49. The van der Waals surface area contributed by atoms with Crippen LogP contribution in [0.1, 0.15) is 142 Å².